The van der Waals surface area contributed by atoms with Crippen LogP contribution in [0.25, 0.3) is 10.2 Å². The summed E-state index contributed by atoms with van der Waals surface area (Å²) < 4.78 is 41.6. The number of hydrogen-bond acceptors (Lipinski definition) is 6. The van der Waals surface area contributed by atoms with Crippen molar-refractivity contribution in [1.82, 2.24) is 20.5 Å². The number of alkyl halides is 3. The fourth-order valence-corrected chi connectivity index (χ4v) is 5.12. The Morgan fingerprint density at radius 2 is 1.94 bits per heavy atom. The second-order valence-electron chi connectivity index (χ2n) is 8.88. The van der Waals surface area contributed by atoms with Crippen molar-refractivity contribution in [3.05, 3.63) is 22.6 Å². The lowest BCUT2D eigenvalue weighted by Gasteiger charge is -2.43. The van der Waals surface area contributed by atoms with Crippen molar-refractivity contribution >= 4 is 39.2 Å². The third-order valence-corrected chi connectivity index (χ3v) is 6.71. The highest BCUT2D eigenvalue weighted by Gasteiger charge is 2.37. The van der Waals surface area contributed by atoms with Gasteiger partial charge in [0.05, 0.1) is 27.9 Å². The van der Waals surface area contributed by atoms with Gasteiger partial charge in [-0.15, -0.1) is 11.3 Å². The lowest BCUT2D eigenvalue weighted by atomic mass is 9.99. The summed E-state index contributed by atoms with van der Waals surface area (Å²) in [6, 6.07) is 1.07. The van der Waals surface area contributed by atoms with Gasteiger partial charge in [0.1, 0.15) is 5.82 Å². The standard InChI is InChI=1S/C22H30F3N5O2S/c1-12(2)16-9-30(7-6-29(16)10-18(31)27-13(3)4)17-8-15(22(23,24)25)20-19(28-17)14(11-33-20)21(32)26-5/h8,11-13,16H,6-7,9-10H2,1-5H3,(H,26,32)(H,27,31)/t16-/m0/s1. The van der Waals surface area contributed by atoms with Crippen molar-refractivity contribution in [3.63, 3.8) is 0 Å². The number of rotatable bonds is 6. The zero-order valence-corrected chi connectivity index (χ0v) is 20.2. The molecule has 2 N–H and O–H groups in total. The first kappa shape index (κ1) is 25.2. The van der Waals surface area contributed by atoms with Crippen molar-refractivity contribution in [2.24, 2.45) is 5.92 Å². The molecule has 3 heterocycles. The monoisotopic (exact) mass is 485 g/mol. The van der Waals surface area contributed by atoms with Crippen LogP contribution in [0, 0.1) is 5.92 Å². The predicted octanol–water partition coefficient (Wildman–Crippen LogP) is 3.35. The van der Waals surface area contributed by atoms with E-state index in [0.29, 0.717) is 19.6 Å². The molecule has 1 fully saturated rings. The molecule has 7 nitrogen and oxygen atoms in total. The molecule has 0 radical (unpaired) electrons. The molecule has 0 spiro atoms. The van der Waals surface area contributed by atoms with Crippen LogP contribution in [-0.2, 0) is 11.0 Å². The first-order valence-corrected chi connectivity index (χ1v) is 11.8. The van der Waals surface area contributed by atoms with Crippen LogP contribution in [0.4, 0.5) is 19.0 Å². The molecule has 0 saturated carbocycles. The van der Waals surface area contributed by atoms with Crippen LogP contribution >= 0.6 is 11.3 Å². The van der Waals surface area contributed by atoms with E-state index in [0.717, 1.165) is 17.4 Å². The van der Waals surface area contributed by atoms with Crippen LogP contribution in [0.1, 0.15) is 43.6 Å². The average Bonchev–Trinajstić information content (AvgIpc) is 3.15. The molecule has 1 aliphatic heterocycles. The van der Waals surface area contributed by atoms with E-state index in [1.54, 1.807) is 0 Å². The quantitative estimate of drug-likeness (QED) is 0.656. The smallest absolute Gasteiger partial charge is 0.355 e. The van der Waals surface area contributed by atoms with E-state index in [-0.39, 0.29) is 52.1 Å². The number of piperazine rings is 1. The number of hydrogen-bond donors (Lipinski definition) is 2. The largest absolute Gasteiger partial charge is 0.417 e. The minimum Gasteiger partial charge on any atom is -0.355 e. The van der Waals surface area contributed by atoms with Crippen LogP contribution in [0.15, 0.2) is 11.4 Å². The number of aromatic nitrogens is 1. The molecule has 3 rings (SSSR count). The van der Waals surface area contributed by atoms with Crippen molar-refractivity contribution in [2.75, 3.05) is 38.1 Å². The van der Waals surface area contributed by atoms with Gasteiger partial charge in [-0.3, -0.25) is 14.5 Å². The zero-order valence-electron chi connectivity index (χ0n) is 19.4. The van der Waals surface area contributed by atoms with Gasteiger partial charge in [-0.05, 0) is 25.8 Å². The summed E-state index contributed by atoms with van der Waals surface area (Å²) >= 11 is 0.869. The fraction of sp³-hybridized carbons (Fsp3) is 0.591. The SMILES string of the molecule is CNC(=O)c1csc2c(C(F)(F)F)cc(N3CCN(CC(=O)NC(C)C)[C@H](C(C)C)C3)nc12. The first-order chi connectivity index (χ1) is 15.4. The van der Waals surface area contributed by atoms with E-state index >= 15 is 0 Å². The molecule has 0 bridgehead atoms. The number of nitrogens with zero attached hydrogens (tertiary/aromatic N) is 3. The van der Waals surface area contributed by atoms with Crippen molar-refractivity contribution in [2.45, 2.75) is 46.0 Å². The highest BCUT2D eigenvalue weighted by Crippen LogP contribution is 2.40. The summed E-state index contributed by atoms with van der Waals surface area (Å²) in [4.78, 5) is 32.9. The van der Waals surface area contributed by atoms with Crippen molar-refractivity contribution in [3.8, 4) is 0 Å². The Morgan fingerprint density at radius 3 is 2.52 bits per heavy atom. The van der Waals surface area contributed by atoms with Gasteiger partial charge in [0, 0.05) is 44.1 Å². The Balaban J connectivity index is 1.95. The fourth-order valence-electron chi connectivity index (χ4n) is 4.10. The Kier molecular flexibility index (Phi) is 7.52. The Bertz CT molecular complexity index is 1020. The molecule has 1 aliphatic rings. The molecule has 0 aromatic carbocycles. The number of carbonyl (C=O) groups is 2. The second-order valence-corrected chi connectivity index (χ2v) is 9.76. The summed E-state index contributed by atoms with van der Waals surface area (Å²) in [6.07, 6.45) is -4.57. The van der Waals surface area contributed by atoms with Crippen LogP contribution in [0.2, 0.25) is 0 Å². The van der Waals surface area contributed by atoms with E-state index < -0.39 is 17.6 Å². The van der Waals surface area contributed by atoms with Crippen LogP contribution in [0.5, 0.6) is 0 Å². The van der Waals surface area contributed by atoms with Gasteiger partial charge in [0.25, 0.3) is 5.91 Å². The Morgan fingerprint density at radius 1 is 1.24 bits per heavy atom. The lowest BCUT2D eigenvalue weighted by molar-refractivity contribution is -0.136. The third-order valence-electron chi connectivity index (χ3n) is 5.71. The number of thiophene rings is 1. The third kappa shape index (κ3) is 5.57. The maximum absolute atomic E-state index is 13.9. The molecule has 182 valence electrons. The lowest BCUT2D eigenvalue weighted by Crippen LogP contribution is -2.57. The molecule has 2 aromatic heterocycles. The molecule has 11 heteroatoms. The normalized spacial score (nSPS) is 17.8. The van der Waals surface area contributed by atoms with E-state index in [9.17, 15) is 22.8 Å². The highest BCUT2D eigenvalue weighted by atomic mass is 32.1. The van der Waals surface area contributed by atoms with Crippen LogP contribution < -0.4 is 15.5 Å². The van der Waals surface area contributed by atoms with Gasteiger partial charge in [0.15, 0.2) is 0 Å². The molecule has 1 atom stereocenters. The molecule has 0 aliphatic carbocycles. The summed E-state index contributed by atoms with van der Waals surface area (Å²) in [5.74, 6) is -0.181. The molecular weight excluding hydrogens is 455 g/mol. The minimum absolute atomic E-state index is 0.0353. The van der Waals surface area contributed by atoms with Gasteiger partial charge in [-0.2, -0.15) is 13.2 Å². The zero-order chi connectivity index (χ0) is 24.5. The predicted molar refractivity (Wildman–Crippen MR) is 124 cm³/mol. The minimum atomic E-state index is -4.57. The van der Waals surface area contributed by atoms with Gasteiger partial charge in [0.2, 0.25) is 5.91 Å². The van der Waals surface area contributed by atoms with Gasteiger partial charge in [-0.25, -0.2) is 4.98 Å². The van der Waals surface area contributed by atoms with Crippen molar-refractivity contribution < 1.29 is 22.8 Å². The molecule has 1 saturated heterocycles. The topological polar surface area (TPSA) is 77.6 Å². The number of pyridine rings is 1. The maximum atomic E-state index is 13.9. The first-order valence-electron chi connectivity index (χ1n) is 10.9. The van der Waals surface area contributed by atoms with E-state index in [1.807, 2.05) is 32.6 Å². The summed E-state index contributed by atoms with van der Waals surface area (Å²) in [6.45, 7) is 9.46. The molecule has 33 heavy (non-hydrogen) atoms. The van der Waals surface area contributed by atoms with Gasteiger partial charge in [-0.1, -0.05) is 13.8 Å². The molecule has 2 aromatic rings. The van der Waals surface area contributed by atoms with Gasteiger partial charge >= 0.3 is 6.18 Å². The maximum Gasteiger partial charge on any atom is 0.417 e. The number of amides is 2. The van der Waals surface area contributed by atoms with Crippen LogP contribution in [0.3, 0.4) is 0 Å². The second kappa shape index (κ2) is 9.84. The van der Waals surface area contributed by atoms with E-state index in [1.165, 1.54) is 12.4 Å². The highest BCUT2D eigenvalue weighted by molar-refractivity contribution is 7.17. The van der Waals surface area contributed by atoms with Crippen molar-refractivity contribution in [1.29, 1.82) is 0 Å². The number of fused-ring (bicyclic) bond motifs is 1. The summed E-state index contributed by atoms with van der Waals surface area (Å²) in [7, 11) is 1.43. The summed E-state index contributed by atoms with van der Waals surface area (Å²) in [5, 5.41) is 6.77. The number of anilines is 1. The Labute approximate surface area is 195 Å². The average molecular weight is 486 g/mol. The number of nitrogens with one attached hydrogen (secondary N) is 2. The molecular formula is C22H30F3N5O2S. The summed E-state index contributed by atoms with van der Waals surface area (Å²) in [5.41, 5.74) is -0.597. The van der Waals surface area contributed by atoms with Gasteiger partial charge < -0.3 is 15.5 Å². The number of carbonyl (C=O) groups excluding carboxylic acids is 2. The van der Waals surface area contributed by atoms with Crippen LogP contribution in [-0.4, -0.2) is 67.0 Å². The molecule has 2 amide bonds. The van der Waals surface area contributed by atoms with E-state index in [4.69, 9.17) is 0 Å². The number of halogens is 3. The Hall–Kier alpha value is -2.40. The molecule has 0 unspecified atom stereocenters. The van der Waals surface area contributed by atoms with E-state index in [2.05, 4.69) is 20.5 Å².